The molecule has 0 unspecified atom stereocenters. The third kappa shape index (κ3) is 91.6. The minimum atomic E-state index is -3.17. The maximum absolute atomic E-state index is 9.89. The molecular formula is C84H132B6F6N24O12. The highest BCUT2D eigenvalue weighted by Gasteiger charge is 2.02. The topological polar surface area (TPSA) is 382 Å². The average molecular weight is 1850 g/mol. The molecule has 0 spiro atoms. The number of aromatic nitrogens is 24. The number of aryl methyl sites for hydroxylation is 12. The lowest BCUT2D eigenvalue weighted by molar-refractivity contribution is -0.686. The van der Waals surface area contributed by atoms with Crippen molar-refractivity contribution >= 4 is 44.4 Å². The minimum Gasteiger partial charge on any atom is -0.867 e. The van der Waals surface area contributed by atoms with Crippen molar-refractivity contribution in [2.45, 2.75) is 78.5 Å². The SMILES string of the molecule is C=CC[n+]1ccn(C)c1.C=CC[n+]1ccn(C)c1.C=CC[n+]1ccn(C)c1.C=CC[n+]1ccn(C)c1.C=CC[n+]1ccn(C)c1.C=CC[n+]1ccn(C)c1.C=CC[n+]1ccn(C)c1.C=CC[n+]1ccn(C)c1.C=CC[n+]1ccn(C)c1.C=CC[n+]1ccn(C)c1.C=CC[n+]1ccn(C)c1.C=CC[n+]1ccn(C)c1.[O-]B([O-])F.[O-]B([O-])F.[O-]B([O-])F.[O-]B([O-])F.[O-]B([O-])F.[O-]B([O-])F. The van der Waals surface area contributed by atoms with Crippen LogP contribution in [0.15, 0.2) is 377 Å². The van der Waals surface area contributed by atoms with E-state index in [0.717, 1.165) is 78.5 Å². The predicted molar refractivity (Wildman–Crippen MR) is 471 cm³/mol. The average Bonchev–Trinajstić information content (AvgIpc) is 1.92. The standard InChI is InChI=1S/12C7H11N2.6BFO2/c12*1-3-4-9-6-5-8(2)7-9;6*2-1(3)4/h12*3,5-7H,1,4H2,2H3;;;;;;/q12*+1;6*-2. The molecule has 48 heteroatoms. The molecule has 0 saturated heterocycles. The second kappa shape index (κ2) is 86.0. The van der Waals surface area contributed by atoms with E-state index in [2.05, 4.69) is 134 Å². The Balaban J connectivity index is -0.000000321. The largest absolute Gasteiger partial charge is 0.867 e. The monoisotopic (exact) mass is 1850 g/mol. The molecule has 0 saturated carbocycles. The number of nitrogens with zero attached hydrogens (tertiary/aromatic N) is 24. The highest BCUT2D eigenvalue weighted by molar-refractivity contribution is 6.28. The summed E-state index contributed by atoms with van der Waals surface area (Å²) in [5, 5.41) is 99.7. The van der Waals surface area contributed by atoms with Crippen LogP contribution in [0.25, 0.3) is 0 Å². The fourth-order valence-electron chi connectivity index (χ4n) is 9.11. The first-order chi connectivity index (χ1) is 62.3. The van der Waals surface area contributed by atoms with Crippen molar-refractivity contribution in [2.75, 3.05) is 0 Å². The van der Waals surface area contributed by atoms with E-state index in [1.54, 1.807) is 0 Å². The van der Waals surface area contributed by atoms with Gasteiger partial charge in [-0.05, 0) is 0 Å². The Labute approximate surface area is 776 Å². The van der Waals surface area contributed by atoms with Crippen molar-refractivity contribution in [1.29, 1.82) is 0 Å². The van der Waals surface area contributed by atoms with E-state index in [9.17, 15) is 25.9 Å². The van der Waals surface area contributed by atoms with Crippen LogP contribution >= 0.6 is 0 Å². The molecule has 0 amide bonds. The number of hydrogen-bond acceptors (Lipinski definition) is 12. The molecule has 0 fully saturated rings. The van der Waals surface area contributed by atoms with E-state index in [-0.39, 0.29) is 0 Å². The van der Waals surface area contributed by atoms with Crippen LogP contribution in [0, 0.1) is 0 Å². The third-order valence-electron chi connectivity index (χ3n) is 14.0. The lowest BCUT2D eigenvalue weighted by Crippen LogP contribution is -2.39. The summed E-state index contributed by atoms with van der Waals surface area (Å²) in [5.74, 6) is 0. The van der Waals surface area contributed by atoms with Crippen molar-refractivity contribution in [2.24, 2.45) is 84.6 Å². The highest BCUT2D eigenvalue weighted by atomic mass is 19.1. The van der Waals surface area contributed by atoms with Gasteiger partial charge in [0.05, 0.1) is 84.6 Å². The molecule has 132 heavy (non-hydrogen) atoms. The van der Waals surface area contributed by atoms with E-state index in [1.807, 2.05) is 437 Å². The van der Waals surface area contributed by atoms with Crippen LogP contribution in [-0.2, 0) is 163 Å². The quantitative estimate of drug-likeness (QED) is 0.0236. The van der Waals surface area contributed by atoms with Gasteiger partial charge >= 0.3 is 0 Å². The number of halogens is 6. The van der Waals surface area contributed by atoms with E-state index in [1.165, 1.54) is 0 Å². The summed E-state index contributed by atoms with van der Waals surface area (Å²) in [6.45, 7) is 54.3. The van der Waals surface area contributed by atoms with Crippen molar-refractivity contribution in [3.05, 3.63) is 377 Å². The predicted octanol–water partition coefficient (Wildman–Crippen LogP) is -8.05. The summed E-state index contributed by atoms with van der Waals surface area (Å²) in [7, 11) is 5.00. The number of allylic oxidation sites excluding steroid dienone is 12. The van der Waals surface area contributed by atoms with Gasteiger partial charge in [-0.2, -0.15) is 0 Å². The molecule has 0 aliphatic rings. The summed E-state index contributed by atoms with van der Waals surface area (Å²) in [6, 6.07) is 0. The summed E-state index contributed by atoms with van der Waals surface area (Å²) >= 11 is 0. The second-order valence-electron chi connectivity index (χ2n) is 26.4. The smallest absolute Gasteiger partial charge is 0.243 e. The molecule has 0 atom stereocenters. The van der Waals surface area contributed by atoms with Crippen molar-refractivity contribution in [3.63, 3.8) is 0 Å². The van der Waals surface area contributed by atoms with Gasteiger partial charge in [-0.3, -0.25) is 0 Å². The van der Waals surface area contributed by atoms with E-state index in [4.69, 9.17) is 60.3 Å². The van der Waals surface area contributed by atoms with Crippen LogP contribution in [-0.4, -0.2) is 99.2 Å². The lowest BCUT2D eigenvalue weighted by Gasteiger charge is -2.09. The second-order valence-corrected chi connectivity index (χ2v) is 26.4. The van der Waals surface area contributed by atoms with Gasteiger partial charge in [0, 0.05) is 0 Å². The summed E-state index contributed by atoms with van der Waals surface area (Å²) in [6.07, 6.45) is 94.9. The molecule has 36 nitrogen and oxygen atoms in total. The van der Waals surface area contributed by atoms with Gasteiger partial charge in [0.15, 0.2) is 0 Å². The molecular weight excluding hydrogens is 1720 g/mol. The van der Waals surface area contributed by atoms with Crippen LogP contribution < -0.4 is 115 Å². The molecule has 0 aliphatic heterocycles. The zero-order chi connectivity index (χ0) is 102. The summed E-state index contributed by atoms with van der Waals surface area (Å²) in [4.78, 5) is 0. The lowest BCUT2D eigenvalue weighted by atomic mass is 10.3. The molecule has 720 valence electrons. The van der Waals surface area contributed by atoms with Crippen molar-refractivity contribution < 1.29 is 141 Å². The summed E-state index contributed by atoms with van der Waals surface area (Å²) < 4.78 is 108. The van der Waals surface area contributed by atoms with Gasteiger partial charge in [0.1, 0.15) is 272 Å². The molecule has 12 aromatic rings. The van der Waals surface area contributed by atoms with Gasteiger partial charge in [-0.1, -0.05) is 152 Å². The van der Waals surface area contributed by atoms with E-state index in [0.29, 0.717) is 0 Å². The van der Waals surface area contributed by atoms with Gasteiger partial charge < -0.3 is 86.2 Å². The third-order valence-corrected chi connectivity index (χ3v) is 14.0. The summed E-state index contributed by atoms with van der Waals surface area (Å²) in [5.41, 5.74) is 0. The Morgan fingerprint density at radius 3 is 0.250 bits per heavy atom. The molecule has 0 bridgehead atoms. The van der Waals surface area contributed by atoms with Crippen LogP contribution in [0.5, 0.6) is 0 Å². The van der Waals surface area contributed by atoms with Gasteiger partial charge in [0.25, 0.3) is 0 Å². The maximum atomic E-state index is 9.89. The first-order valence-corrected chi connectivity index (χ1v) is 39.5. The zero-order valence-corrected chi connectivity index (χ0v) is 78.0. The van der Waals surface area contributed by atoms with Crippen LogP contribution in [0.1, 0.15) is 0 Å². The van der Waals surface area contributed by atoms with Gasteiger partial charge in [-0.15, -0.1) is 0 Å². The van der Waals surface area contributed by atoms with Crippen LogP contribution in [0.2, 0.25) is 0 Å². The molecule has 12 rings (SSSR count). The van der Waals surface area contributed by atoms with Crippen molar-refractivity contribution in [3.8, 4) is 0 Å². The first-order valence-electron chi connectivity index (χ1n) is 39.5. The normalized spacial score (nSPS) is 8.95. The Morgan fingerprint density at radius 2 is 0.220 bits per heavy atom. The van der Waals surface area contributed by atoms with Crippen LogP contribution in [0.4, 0.5) is 25.9 Å². The Morgan fingerprint density at radius 1 is 0.167 bits per heavy atom. The van der Waals surface area contributed by atoms with Gasteiger partial charge in [-0.25, -0.2) is 110 Å². The van der Waals surface area contributed by atoms with Crippen LogP contribution in [0.3, 0.4) is 0 Å². The maximum Gasteiger partial charge on any atom is 0.243 e. The zero-order valence-electron chi connectivity index (χ0n) is 78.0. The van der Waals surface area contributed by atoms with Crippen molar-refractivity contribution in [1.82, 2.24) is 54.8 Å². The molecule has 0 aromatic carbocycles. The first kappa shape index (κ1) is 130. The molecule has 0 N–H and O–H groups in total. The number of hydrogen-bond donors (Lipinski definition) is 0. The molecule has 0 aliphatic carbocycles. The highest BCUT2D eigenvalue weighted by Crippen LogP contribution is 1.85. The Kier molecular flexibility index (Phi) is 84.4. The number of rotatable bonds is 24. The Hall–Kier alpha value is -13.1. The molecule has 0 radical (unpaired) electrons. The number of imidazole rings is 12. The molecule has 12 heterocycles. The van der Waals surface area contributed by atoms with E-state index >= 15 is 0 Å². The molecule has 12 aromatic heterocycles. The Bertz CT molecular complexity index is 3800. The minimum absolute atomic E-state index is 0.890. The van der Waals surface area contributed by atoms with E-state index < -0.39 is 44.4 Å². The fourth-order valence-corrected chi connectivity index (χ4v) is 9.11. The van der Waals surface area contributed by atoms with Gasteiger partial charge in [0.2, 0.25) is 75.9 Å². The fraction of sp³-hybridized carbons (Fsp3) is 0.286.